The number of benzene rings is 12. The summed E-state index contributed by atoms with van der Waals surface area (Å²) in [5, 5.41) is 10.1. The van der Waals surface area contributed by atoms with Crippen LogP contribution in [0.25, 0.3) is 98.7 Å². The molecule has 0 atom stereocenters. The molecule has 0 aromatic heterocycles. The van der Waals surface area contributed by atoms with Crippen LogP contribution in [0.2, 0.25) is 0 Å². The zero-order chi connectivity index (χ0) is 43.1. The van der Waals surface area contributed by atoms with E-state index in [2.05, 4.69) is 266 Å². The largest absolute Gasteiger partial charge is 0.310 e. The Labute approximate surface area is 379 Å². The van der Waals surface area contributed by atoms with Gasteiger partial charge < -0.3 is 4.90 Å². The summed E-state index contributed by atoms with van der Waals surface area (Å²) >= 11 is 0. The van der Waals surface area contributed by atoms with Gasteiger partial charge in [-0.3, -0.25) is 0 Å². The molecule has 0 aliphatic carbocycles. The molecule has 12 aromatic carbocycles. The lowest BCUT2D eigenvalue weighted by Gasteiger charge is -2.27. The first-order valence-corrected chi connectivity index (χ1v) is 22.4. The van der Waals surface area contributed by atoms with Crippen LogP contribution in [-0.2, 0) is 0 Å². The van der Waals surface area contributed by atoms with Crippen LogP contribution in [0.15, 0.2) is 261 Å². The standard InChI is InChI=1S/C64H43N/c1-2-12-47(13-3-1)63-41-34-49-16-6-9-22-62(49)64(63)51-32-38-56(39-33-51)65(57-19-10-18-52(43-57)53-35-40-61-54(42-53)29-28-48-15-5-8-21-59(48)61)55-36-30-45(31-37-55)44-24-26-50(27-25-44)60-23-11-17-46-14-4-7-20-58(46)60/h1-43H. The Bertz CT molecular complexity index is 3670. The maximum atomic E-state index is 2.39. The topological polar surface area (TPSA) is 3.24 Å². The number of fused-ring (bicyclic) bond motifs is 5. The Morgan fingerprint density at radius 1 is 0.200 bits per heavy atom. The molecule has 0 saturated heterocycles. The molecule has 0 saturated carbocycles. The minimum absolute atomic E-state index is 1.09. The zero-order valence-electron chi connectivity index (χ0n) is 35.8. The Balaban J connectivity index is 0.941. The first-order chi connectivity index (χ1) is 32.2. The van der Waals surface area contributed by atoms with Crippen molar-refractivity contribution >= 4 is 60.2 Å². The fourth-order valence-electron chi connectivity index (χ4n) is 9.80. The molecule has 0 heterocycles. The van der Waals surface area contributed by atoms with Gasteiger partial charge in [-0.05, 0) is 141 Å². The van der Waals surface area contributed by atoms with E-state index in [9.17, 15) is 0 Å². The molecule has 0 radical (unpaired) electrons. The average Bonchev–Trinajstić information content (AvgIpc) is 3.39. The highest BCUT2D eigenvalue weighted by Crippen LogP contribution is 2.42. The molecule has 0 bridgehead atoms. The van der Waals surface area contributed by atoms with Gasteiger partial charge >= 0.3 is 0 Å². The molecule has 1 nitrogen and oxygen atoms in total. The number of hydrogen-bond donors (Lipinski definition) is 0. The summed E-state index contributed by atoms with van der Waals surface area (Å²) in [5.74, 6) is 0. The molecule has 12 aromatic rings. The van der Waals surface area contributed by atoms with Gasteiger partial charge in [0.05, 0.1) is 0 Å². The SMILES string of the molecule is c1ccc(-c2ccc3ccccc3c2-c2ccc(N(c3ccc(-c4ccc(-c5cccc6ccccc56)cc4)cc3)c3cccc(-c4ccc5c(ccc6ccccc65)c4)c3)cc2)cc1. The van der Waals surface area contributed by atoms with E-state index in [0.717, 1.165) is 17.1 Å². The van der Waals surface area contributed by atoms with Crippen molar-refractivity contribution in [1.29, 1.82) is 0 Å². The summed E-state index contributed by atoms with van der Waals surface area (Å²) in [6, 6.07) is 95.2. The van der Waals surface area contributed by atoms with Crippen molar-refractivity contribution < 1.29 is 0 Å². The van der Waals surface area contributed by atoms with Gasteiger partial charge in [0, 0.05) is 17.1 Å². The van der Waals surface area contributed by atoms with Crippen molar-refractivity contribution in [3.63, 3.8) is 0 Å². The fraction of sp³-hybridized carbons (Fsp3) is 0. The predicted octanol–water partition coefficient (Wildman–Crippen LogP) is 18.1. The highest BCUT2D eigenvalue weighted by molar-refractivity contribution is 6.09. The van der Waals surface area contributed by atoms with Crippen LogP contribution >= 0.6 is 0 Å². The van der Waals surface area contributed by atoms with Gasteiger partial charge in [-0.1, -0.05) is 218 Å². The molecule has 0 amide bonds. The second kappa shape index (κ2) is 16.3. The van der Waals surface area contributed by atoms with Gasteiger partial charge in [-0.2, -0.15) is 0 Å². The molecule has 0 aliphatic rings. The van der Waals surface area contributed by atoms with Crippen molar-refractivity contribution in [3.05, 3.63) is 261 Å². The lowest BCUT2D eigenvalue weighted by atomic mass is 9.89. The lowest BCUT2D eigenvalue weighted by molar-refractivity contribution is 1.28. The monoisotopic (exact) mass is 825 g/mol. The van der Waals surface area contributed by atoms with E-state index in [1.165, 1.54) is 98.7 Å². The Hall–Kier alpha value is -8.52. The summed E-state index contributed by atoms with van der Waals surface area (Å²) in [7, 11) is 0. The predicted molar refractivity (Wildman–Crippen MR) is 278 cm³/mol. The van der Waals surface area contributed by atoms with Gasteiger partial charge in [0.25, 0.3) is 0 Å². The quantitative estimate of drug-likeness (QED) is 0.138. The first kappa shape index (κ1) is 38.2. The van der Waals surface area contributed by atoms with Gasteiger partial charge in [-0.15, -0.1) is 0 Å². The van der Waals surface area contributed by atoms with Crippen molar-refractivity contribution in [2.45, 2.75) is 0 Å². The first-order valence-electron chi connectivity index (χ1n) is 22.4. The molecule has 65 heavy (non-hydrogen) atoms. The summed E-state index contributed by atoms with van der Waals surface area (Å²) in [5.41, 5.74) is 15.3. The molecule has 0 aliphatic heterocycles. The number of hydrogen-bond acceptors (Lipinski definition) is 1. The van der Waals surface area contributed by atoms with Gasteiger partial charge in [0.2, 0.25) is 0 Å². The Morgan fingerprint density at radius 2 is 0.662 bits per heavy atom. The van der Waals surface area contributed by atoms with Gasteiger partial charge in [0.15, 0.2) is 0 Å². The van der Waals surface area contributed by atoms with E-state index < -0.39 is 0 Å². The zero-order valence-corrected chi connectivity index (χ0v) is 35.8. The molecule has 0 N–H and O–H groups in total. The van der Waals surface area contributed by atoms with E-state index in [1.54, 1.807) is 0 Å². The summed E-state index contributed by atoms with van der Waals surface area (Å²) in [6.07, 6.45) is 0. The van der Waals surface area contributed by atoms with Crippen LogP contribution in [0.3, 0.4) is 0 Å². The van der Waals surface area contributed by atoms with E-state index in [1.807, 2.05) is 0 Å². The molecule has 304 valence electrons. The molecule has 12 rings (SSSR count). The molecule has 1 heteroatoms. The minimum atomic E-state index is 1.09. The average molecular weight is 826 g/mol. The van der Waals surface area contributed by atoms with Crippen LogP contribution in [0.1, 0.15) is 0 Å². The maximum absolute atomic E-state index is 2.39. The van der Waals surface area contributed by atoms with Crippen molar-refractivity contribution in [2.24, 2.45) is 0 Å². The second-order valence-electron chi connectivity index (χ2n) is 16.9. The number of nitrogens with zero attached hydrogens (tertiary/aromatic N) is 1. The molecular formula is C64H43N. The fourth-order valence-corrected chi connectivity index (χ4v) is 9.80. The van der Waals surface area contributed by atoms with Gasteiger partial charge in [-0.25, -0.2) is 0 Å². The Morgan fingerprint density at radius 3 is 1.40 bits per heavy atom. The third-order valence-electron chi connectivity index (χ3n) is 13.1. The highest BCUT2D eigenvalue weighted by atomic mass is 15.1. The highest BCUT2D eigenvalue weighted by Gasteiger charge is 2.17. The summed E-state index contributed by atoms with van der Waals surface area (Å²) < 4.78 is 0. The van der Waals surface area contributed by atoms with Crippen molar-refractivity contribution in [3.8, 4) is 55.6 Å². The van der Waals surface area contributed by atoms with E-state index in [4.69, 9.17) is 0 Å². The van der Waals surface area contributed by atoms with Crippen LogP contribution in [0, 0.1) is 0 Å². The summed E-state index contributed by atoms with van der Waals surface area (Å²) in [4.78, 5) is 2.39. The lowest BCUT2D eigenvalue weighted by Crippen LogP contribution is -2.10. The molecule has 0 fully saturated rings. The summed E-state index contributed by atoms with van der Waals surface area (Å²) in [6.45, 7) is 0. The minimum Gasteiger partial charge on any atom is -0.310 e. The van der Waals surface area contributed by atoms with Crippen LogP contribution in [0.5, 0.6) is 0 Å². The third-order valence-corrected chi connectivity index (χ3v) is 13.1. The molecular weight excluding hydrogens is 783 g/mol. The van der Waals surface area contributed by atoms with Gasteiger partial charge in [0.1, 0.15) is 0 Å². The van der Waals surface area contributed by atoms with E-state index >= 15 is 0 Å². The second-order valence-corrected chi connectivity index (χ2v) is 16.9. The van der Waals surface area contributed by atoms with Crippen molar-refractivity contribution in [1.82, 2.24) is 0 Å². The molecule has 0 unspecified atom stereocenters. The van der Waals surface area contributed by atoms with E-state index in [-0.39, 0.29) is 0 Å². The normalized spacial score (nSPS) is 11.4. The number of rotatable bonds is 8. The maximum Gasteiger partial charge on any atom is 0.0467 e. The number of anilines is 3. The van der Waals surface area contributed by atoms with E-state index in [0.29, 0.717) is 0 Å². The smallest absolute Gasteiger partial charge is 0.0467 e. The third kappa shape index (κ3) is 7.10. The Kier molecular flexibility index (Phi) is 9.58. The van der Waals surface area contributed by atoms with Crippen LogP contribution in [-0.4, -0.2) is 0 Å². The van der Waals surface area contributed by atoms with Crippen LogP contribution in [0.4, 0.5) is 17.1 Å². The molecule has 0 spiro atoms. The van der Waals surface area contributed by atoms with Crippen LogP contribution < -0.4 is 4.90 Å². The van der Waals surface area contributed by atoms with Crippen molar-refractivity contribution in [2.75, 3.05) is 4.90 Å².